The molecular formula is C25H18ClFN4. The fraction of sp³-hybridized carbons (Fsp3) is 0.0400. The molecular weight excluding hydrogens is 411 g/mol. The molecule has 0 spiro atoms. The maximum Gasteiger partial charge on any atom is 0.166 e. The lowest BCUT2D eigenvalue weighted by molar-refractivity contribution is 0.628. The normalized spacial score (nSPS) is 11.1. The number of nitrogens with zero attached hydrogens (tertiary/aromatic N) is 3. The molecule has 5 rings (SSSR count). The van der Waals surface area contributed by atoms with Gasteiger partial charge in [0.1, 0.15) is 11.6 Å². The van der Waals surface area contributed by atoms with Gasteiger partial charge in [0.15, 0.2) is 5.65 Å². The Labute approximate surface area is 184 Å². The molecule has 0 atom stereocenters. The molecule has 6 heteroatoms. The lowest BCUT2D eigenvalue weighted by atomic mass is 10.1. The average Bonchev–Trinajstić information content (AvgIpc) is 3.12. The second-order valence-electron chi connectivity index (χ2n) is 7.23. The number of aryl methyl sites for hydroxylation is 1. The first kappa shape index (κ1) is 19.3. The number of benzene rings is 3. The van der Waals surface area contributed by atoms with Crippen LogP contribution in [0.5, 0.6) is 0 Å². The highest BCUT2D eigenvalue weighted by atomic mass is 35.5. The number of aromatic nitrogens is 3. The molecule has 5 aromatic rings. The van der Waals surface area contributed by atoms with Crippen LogP contribution in [0.2, 0.25) is 5.02 Å². The summed E-state index contributed by atoms with van der Waals surface area (Å²) in [5, 5.41) is 8.78. The minimum absolute atomic E-state index is 0.282. The molecule has 2 aromatic heterocycles. The Kier molecular flexibility index (Phi) is 4.88. The van der Waals surface area contributed by atoms with Gasteiger partial charge in [0.25, 0.3) is 0 Å². The van der Waals surface area contributed by atoms with Crippen LogP contribution in [-0.2, 0) is 0 Å². The first-order valence-corrected chi connectivity index (χ1v) is 10.2. The van der Waals surface area contributed by atoms with Crippen LogP contribution in [0.15, 0.2) is 84.9 Å². The van der Waals surface area contributed by atoms with Crippen LogP contribution < -0.4 is 5.32 Å². The van der Waals surface area contributed by atoms with E-state index in [0.717, 1.165) is 45.2 Å². The molecule has 2 heterocycles. The van der Waals surface area contributed by atoms with E-state index in [2.05, 4.69) is 5.32 Å². The predicted molar refractivity (Wildman–Crippen MR) is 123 cm³/mol. The van der Waals surface area contributed by atoms with Crippen molar-refractivity contribution in [2.45, 2.75) is 6.92 Å². The van der Waals surface area contributed by atoms with Gasteiger partial charge in [-0.15, -0.1) is 0 Å². The number of hydrogen-bond acceptors (Lipinski definition) is 3. The Morgan fingerprint density at radius 3 is 2.29 bits per heavy atom. The molecule has 0 saturated carbocycles. The van der Waals surface area contributed by atoms with E-state index >= 15 is 0 Å². The van der Waals surface area contributed by atoms with E-state index in [9.17, 15) is 4.39 Å². The summed E-state index contributed by atoms with van der Waals surface area (Å²) in [6.45, 7) is 1.96. The van der Waals surface area contributed by atoms with Crippen molar-refractivity contribution in [2.75, 3.05) is 5.32 Å². The van der Waals surface area contributed by atoms with Gasteiger partial charge in [-0.3, -0.25) is 0 Å². The summed E-state index contributed by atoms with van der Waals surface area (Å²) in [4.78, 5) is 4.95. The highest BCUT2D eigenvalue weighted by Crippen LogP contribution is 2.33. The smallest absolute Gasteiger partial charge is 0.166 e. The Hall–Kier alpha value is -3.70. The highest BCUT2D eigenvalue weighted by Gasteiger charge is 2.17. The zero-order chi connectivity index (χ0) is 21.4. The summed E-state index contributed by atoms with van der Waals surface area (Å²) in [6.07, 6.45) is 0. The van der Waals surface area contributed by atoms with Crippen LogP contribution in [0.25, 0.3) is 28.0 Å². The summed E-state index contributed by atoms with van der Waals surface area (Å²) in [6, 6.07) is 25.8. The number of anilines is 2. The van der Waals surface area contributed by atoms with Crippen LogP contribution in [0.3, 0.4) is 0 Å². The number of nitrogens with one attached hydrogen (secondary N) is 1. The Bertz CT molecular complexity index is 1360. The van der Waals surface area contributed by atoms with Gasteiger partial charge in [-0.05, 0) is 48.9 Å². The maximum atomic E-state index is 13.4. The molecule has 0 aliphatic rings. The van der Waals surface area contributed by atoms with E-state index in [1.54, 1.807) is 16.6 Å². The van der Waals surface area contributed by atoms with Crippen molar-refractivity contribution >= 4 is 28.8 Å². The molecule has 0 saturated heterocycles. The third-order valence-electron chi connectivity index (χ3n) is 5.08. The van der Waals surface area contributed by atoms with Gasteiger partial charge >= 0.3 is 0 Å². The third kappa shape index (κ3) is 3.76. The van der Waals surface area contributed by atoms with Crippen LogP contribution in [0, 0.1) is 12.7 Å². The van der Waals surface area contributed by atoms with Gasteiger partial charge in [-0.25, -0.2) is 9.37 Å². The topological polar surface area (TPSA) is 42.2 Å². The van der Waals surface area contributed by atoms with Gasteiger partial charge in [0, 0.05) is 27.9 Å². The molecule has 0 aliphatic carbocycles. The van der Waals surface area contributed by atoms with Gasteiger partial charge in [0.05, 0.1) is 11.4 Å². The zero-order valence-electron chi connectivity index (χ0n) is 16.7. The van der Waals surface area contributed by atoms with Crippen LogP contribution in [0.4, 0.5) is 15.9 Å². The minimum Gasteiger partial charge on any atom is -0.340 e. The maximum absolute atomic E-state index is 13.4. The monoisotopic (exact) mass is 428 g/mol. The zero-order valence-corrected chi connectivity index (χ0v) is 17.4. The molecule has 0 radical (unpaired) electrons. The average molecular weight is 429 g/mol. The standard InChI is InChI=1S/C25H18ClFN4/c1-16-24(18-7-9-19(26)10-8-18)25-29-22(17-5-3-2-4-6-17)15-23(31(25)30-16)28-21-13-11-20(27)12-14-21/h2-15,28H,1H3. The first-order valence-electron chi connectivity index (χ1n) is 9.83. The number of fused-ring (bicyclic) bond motifs is 1. The summed E-state index contributed by atoms with van der Waals surface area (Å²) < 4.78 is 15.2. The molecule has 0 bridgehead atoms. The van der Waals surface area contributed by atoms with E-state index in [1.807, 2.05) is 67.6 Å². The summed E-state index contributed by atoms with van der Waals surface area (Å²) >= 11 is 6.09. The fourth-order valence-electron chi connectivity index (χ4n) is 3.60. The van der Waals surface area contributed by atoms with E-state index in [-0.39, 0.29) is 5.82 Å². The van der Waals surface area contributed by atoms with E-state index in [0.29, 0.717) is 5.02 Å². The van der Waals surface area contributed by atoms with Crippen LogP contribution in [0.1, 0.15) is 5.69 Å². The van der Waals surface area contributed by atoms with E-state index < -0.39 is 0 Å². The largest absolute Gasteiger partial charge is 0.340 e. The number of hydrogen-bond donors (Lipinski definition) is 1. The van der Waals surface area contributed by atoms with Crippen molar-refractivity contribution in [1.82, 2.24) is 14.6 Å². The van der Waals surface area contributed by atoms with Gasteiger partial charge < -0.3 is 5.32 Å². The van der Waals surface area contributed by atoms with Crippen LogP contribution >= 0.6 is 11.6 Å². The Morgan fingerprint density at radius 2 is 1.58 bits per heavy atom. The third-order valence-corrected chi connectivity index (χ3v) is 5.34. The highest BCUT2D eigenvalue weighted by molar-refractivity contribution is 6.30. The predicted octanol–water partition coefficient (Wildman–Crippen LogP) is 6.91. The first-order chi connectivity index (χ1) is 15.1. The second kappa shape index (κ2) is 7.85. The SMILES string of the molecule is Cc1nn2c(Nc3ccc(F)cc3)cc(-c3ccccc3)nc2c1-c1ccc(Cl)cc1. The minimum atomic E-state index is -0.282. The molecule has 0 aliphatic heterocycles. The second-order valence-corrected chi connectivity index (χ2v) is 7.66. The van der Waals surface area contributed by atoms with Gasteiger partial charge in [-0.2, -0.15) is 9.61 Å². The summed E-state index contributed by atoms with van der Waals surface area (Å²) in [5.41, 5.74) is 6.07. The van der Waals surface area contributed by atoms with Crippen molar-refractivity contribution < 1.29 is 4.39 Å². The van der Waals surface area contributed by atoms with Crippen molar-refractivity contribution in [3.8, 4) is 22.4 Å². The van der Waals surface area contributed by atoms with Gasteiger partial charge in [-0.1, -0.05) is 54.1 Å². The number of rotatable bonds is 4. The number of halogens is 2. The molecule has 0 unspecified atom stereocenters. The van der Waals surface area contributed by atoms with E-state index in [4.69, 9.17) is 21.7 Å². The van der Waals surface area contributed by atoms with E-state index in [1.165, 1.54) is 12.1 Å². The fourth-order valence-corrected chi connectivity index (χ4v) is 3.73. The van der Waals surface area contributed by atoms with Crippen molar-refractivity contribution in [1.29, 1.82) is 0 Å². The van der Waals surface area contributed by atoms with Crippen molar-refractivity contribution in [3.63, 3.8) is 0 Å². The molecule has 152 valence electrons. The lowest BCUT2D eigenvalue weighted by Crippen LogP contribution is -2.03. The summed E-state index contributed by atoms with van der Waals surface area (Å²) in [7, 11) is 0. The summed E-state index contributed by atoms with van der Waals surface area (Å²) in [5.74, 6) is 0.453. The molecule has 0 fully saturated rings. The molecule has 0 amide bonds. The molecule has 31 heavy (non-hydrogen) atoms. The van der Waals surface area contributed by atoms with Crippen molar-refractivity contribution in [2.24, 2.45) is 0 Å². The van der Waals surface area contributed by atoms with Crippen molar-refractivity contribution in [3.05, 3.63) is 101 Å². The molecule has 1 N–H and O–H groups in total. The quantitative estimate of drug-likeness (QED) is 0.338. The van der Waals surface area contributed by atoms with Crippen LogP contribution in [-0.4, -0.2) is 14.6 Å². The molecule has 3 aromatic carbocycles. The van der Waals surface area contributed by atoms with Gasteiger partial charge in [0.2, 0.25) is 0 Å². The molecule has 4 nitrogen and oxygen atoms in total. The Morgan fingerprint density at radius 1 is 0.871 bits per heavy atom. The lowest BCUT2D eigenvalue weighted by Gasteiger charge is -2.11. The Balaban J connectivity index is 1.74.